The Hall–Kier alpha value is -3.20. The molecule has 2 aromatic heterocycles. The molecule has 0 bridgehead atoms. The second-order valence-corrected chi connectivity index (χ2v) is 5.97. The maximum Gasteiger partial charge on any atom is 0.339 e. The van der Waals surface area contributed by atoms with Crippen LogP contribution in [-0.4, -0.2) is 44.5 Å². The fraction of sp³-hybridized carbons (Fsp3) is 0.118. The summed E-state index contributed by atoms with van der Waals surface area (Å²) in [5, 5.41) is 7.43. The lowest BCUT2D eigenvalue weighted by Crippen LogP contribution is -2.17. The molecule has 1 aromatic carbocycles. The number of methoxy groups -OCH3 is 1. The van der Waals surface area contributed by atoms with E-state index in [9.17, 15) is 9.59 Å². The van der Waals surface area contributed by atoms with Crippen molar-refractivity contribution in [2.24, 2.45) is 0 Å². The van der Waals surface area contributed by atoms with Crippen LogP contribution in [0.5, 0.6) is 0 Å². The van der Waals surface area contributed by atoms with Gasteiger partial charge in [0.1, 0.15) is 5.03 Å². The average Bonchev–Trinajstić information content (AvgIpc) is 3.21. The number of aromatic nitrogens is 4. The third-order valence-corrected chi connectivity index (χ3v) is 4.28. The Bertz CT molecular complexity index is 914. The first-order valence-electron chi connectivity index (χ1n) is 7.60. The van der Waals surface area contributed by atoms with Gasteiger partial charge in [-0.3, -0.25) is 4.79 Å². The molecule has 0 spiro atoms. The predicted molar refractivity (Wildman–Crippen MR) is 96.3 cm³/mol. The van der Waals surface area contributed by atoms with Crippen LogP contribution < -0.4 is 5.32 Å². The minimum Gasteiger partial charge on any atom is -0.465 e. The Labute approximate surface area is 153 Å². The molecule has 0 atom stereocenters. The van der Waals surface area contributed by atoms with Gasteiger partial charge in [-0.05, 0) is 18.2 Å². The molecule has 0 aliphatic carbocycles. The number of hydrogen-bond acceptors (Lipinski definition) is 7. The van der Waals surface area contributed by atoms with Gasteiger partial charge in [-0.25, -0.2) is 19.4 Å². The van der Waals surface area contributed by atoms with Gasteiger partial charge in [-0.1, -0.05) is 23.9 Å². The summed E-state index contributed by atoms with van der Waals surface area (Å²) in [4.78, 5) is 32.6. The van der Waals surface area contributed by atoms with Gasteiger partial charge < -0.3 is 10.1 Å². The summed E-state index contributed by atoms with van der Waals surface area (Å²) in [6.07, 6.45) is 6.51. The number of ether oxygens (including phenoxy) is 1. The smallest absolute Gasteiger partial charge is 0.339 e. The van der Waals surface area contributed by atoms with E-state index >= 15 is 0 Å². The number of thioether (sulfide) groups is 1. The van der Waals surface area contributed by atoms with E-state index in [-0.39, 0.29) is 11.7 Å². The summed E-state index contributed by atoms with van der Waals surface area (Å²) in [6.45, 7) is 0. The first-order valence-corrected chi connectivity index (χ1v) is 8.58. The molecule has 132 valence electrons. The van der Waals surface area contributed by atoms with Crippen molar-refractivity contribution in [3.8, 4) is 5.82 Å². The van der Waals surface area contributed by atoms with E-state index in [1.54, 1.807) is 59.8 Å². The van der Waals surface area contributed by atoms with Crippen LogP contribution in [-0.2, 0) is 9.53 Å². The highest BCUT2D eigenvalue weighted by Gasteiger charge is 2.15. The molecule has 0 saturated heterocycles. The lowest BCUT2D eigenvalue weighted by molar-refractivity contribution is -0.113. The van der Waals surface area contributed by atoms with E-state index in [4.69, 9.17) is 4.74 Å². The van der Waals surface area contributed by atoms with Crippen LogP contribution in [0.4, 0.5) is 5.69 Å². The molecule has 8 nitrogen and oxygen atoms in total. The van der Waals surface area contributed by atoms with Crippen molar-refractivity contribution in [2.45, 2.75) is 5.03 Å². The Balaban J connectivity index is 1.69. The van der Waals surface area contributed by atoms with Gasteiger partial charge in [0.2, 0.25) is 5.91 Å². The van der Waals surface area contributed by atoms with Crippen molar-refractivity contribution >= 4 is 29.3 Å². The standard InChI is InChI=1S/C17H15N5O3S/c1-25-17(24)12-5-2-3-6-13(12)21-14(23)11-26-16-15(18-8-9-19-16)22-10-4-7-20-22/h2-10H,11H2,1H3,(H,21,23). The van der Waals surface area contributed by atoms with E-state index < -0.39 is 5.97 Å². The lowest BCUT2D eigenvalue weighted by atomic mass is 10.2. The minimum atomic E-state index is -0.511. The number of esters is 1. The monoisotopic (exact) mass is 369 g/mol. The van der Waals surface area contributed by atoms with Gasteiger partial charge in [0.05, 0.1) is 24.1 Å². The number of carbonyl (C=O) groups is 2. The minimum absolute atomic E-state index is 0.0997. The zero-order valence-corrected chi connectivity index (χ0v) is 14.6. The SMILES string of the molecule is COC(=O)c1ccccc1NC(=O)CSc1nccnc1-n1cccn1. The quantitative estimate of drug-likeness (QED) is 0.525. The molecule has 1 amide bonds. The number of nitrogens with one attached hydrogen (secondary N) is 1. The van der Waals surface area contributed by atoms with E-state index in [1.807, 2.05) is 0 Å². The Morgan fingerprint density at radius 3 is 2.73 bits per heavy atom. The summed E-state index contributed by atoms with van der Waals surface area (Å²) >= 11 is 1.23. The fourth-order valence-electron chi connectivity index (χ4n) is 2.17. The zero-order chi connectivity index (χ0) is 18.4. The van der Waals surface area contributed by atoms with Gasteiger partial charge in [-0.15, -0.1) is 0 Å². The lowest BCUT2D eigenvalue weighted by Gasteiger charge is -2.10. The molecular formula is C17H15N5O3S. The maximum absolute atomic E-state index is 12.3. The normalized spacial score (nSPS) is 10.3. The molecule has 26 heavy (non-hydrogen) atoms. The van der Waals surface area contributed by atoms with Crippen LogP contribution in [0.1, 0.15) is 10.4 Å². The number of benzene rings is 1. The molecule has 0 radical (unpaired) electrons. The molecule has 0 fully saturated rings. The largest absolute Gasteiger partial charge is 0.465 e. The molecule has 0 aliphatic rings. The molecule has 0 saturated carbocycles. The topological polar surface area (TPSA) is 99.0 Å². The summed E-state index contributed by atoms with van der Waals surface area (Å²) < 4.78 is 6.30. The third-order valence-electron chi connectivity index (χ3n) is 3.31. The first-order chi connectivity index (χ1) is 12.7. The van der Waals surface area contributed by atoms with E-state index in [0.29, 0.717) is 22.1 Å². The van der Waals surface area contributed by atoms with Gasteiger partial charge >= 0.3 is 5.97 Å². The van der Waals surface area contributed by atoms with Crippen LogP contribution in [0.15, 0.2) is 60.1 Å². The number of carbonyl (C=O) groups excluding carboxylic acids is 2. The van der Waals surface area contributed by atoms with Crippen LogP contribution in [0.2, 0.25) is 0 Å². The summed E-state index contributed by atoms with van der Waals surface area (Å²) in [5.41, 5.74) is 0.696. The molecule has 3 aromatic rings. The van der Waals surface area contributed by atoms with Crippen molar-refractivity contribution in [3.63, 3.8) is 0 Å². The molecule has 1 N–H and O–H groups in total. The van der Waals surface area contributed by atoms with E-state index in [0.717, 1.165) is 0 Å². The Morgan fingerprint density at radius 1 is 1.15 bits per heavy atom. The van der Waals surface area contributed by atoms with E-state index in [2.05, 4.69) is 20.4 Å². The van der Waals surface area contributed by atoms with Crippen molar-refractivity contribution in [1.29, 1.82) is 0 Å². The van der Waals surface area contributed by atoms with Crippen molar-refractivity contribution in [2.75, 3.05) is 18.2 Å². The van der Waals surface area contributed by atoms with Gasteiger partial charge in [0.25, 0.3) is 0 Å². The number of anilines is 1. The van der Waals surface area contributed by atoms with Crippen molar-refractivity contribution < 1.29 is 14.3 Å². The summed E-state index contributed by atoms with van der Waals surface area (Å²) in [7, 11) is 1.29. The Kier molecular flexibility index (Phi) is 5.59. The number of hydrogen-bond donors (Lipinski definition) is 1. The highest BCUT2D eigenvalue weighted by molar-refractivity contribution is 8.00. The van der Waals surface area contributed by atoms with Gasteiger partial charge in [0, 0.05) is 24.8 Å². The average molecular weight is 369 g/mol. The molecular weight excluding hydrogens is 354 g/mol. The highest BCUT2D eigenvalue weighted by Crippen LogP contribution is 2.22. The second-order valence-electron chi connectivity index (χ2n) is 5.01. The van der Waals surface area contributed by atoms with Gasteiger partial charge in [0.15, 0.2) is 5.82 Å². The third kappa shape index (κ3) is 4.06. The second kappa shape index (κ2) is 8.26. The van der Waals surface area contributed by atoms with Gasteiger partial charge in [-0.2, -0.15) is 5.10 Å². The van der Waals surface area contributed by atoms with Crippen molar-refractivity contribution in [3.05, 3.63) is 60.7 Å². The number of rotatable bonds is 6. The summed E-state index contributed by atoms with van der Waals surface area (Å²) in [5.74, 6) is -0.139. The highest BCUT2D eigenvalue weighted by atomic mass is 32.2. The Morgan fingerprint density at radius 2 is 1.96 bits per heavy atom. The molecule has 9 heteroatoms. The van der Waals surface area contributed by atoms with Crippen LogP contribution in [0, 0.1) is 0 Å². The molecule has 3 rings (SSSR count). The first kappa shape index (κ1) is 17.6. The molecule has 0 unspecified atom stereocenters. The zero-order valence-electron chi connectivity index (χ0n) is 13.8. The number of amides is 1. The maximum atomic E-state index is 12.3. The van der Waals surface area contributed by atoms with Crippen LogP contribution in [0.3, 0.4) is 0 Å². The van der Waals surface area contributed by atoms with Crippen LogP contribution in [0.25, 0.3) is 5.82 Å². The molecule has 2 heterocycles. The van der Waals surface area contributed by atoms with Crippen molar-refractivity contribution in [1.82, 2.24) is 19.7 Å². The summed E-state index contributed by atoms with van der Waals surface area (Å²) in [6, 6.07) is 8.44. The number of para-hydroxylation sites is 1. The van der Waals surface area contributed by atoms with Crippen LogP contribution >= 0.6 is 11.8 Å². The fourth-order valence-corrected chi connectivity index (χ4v) is 2.92. The predicted octanol–water partition coefficient (Wildman–Crippen LogP) is 2.18. The number of nitrogens with zero attached hydrogens (tertiary/aromatic N) is 4. The molecule has 0 aliphatic heterocycles. The van der Waals surface area contributed by atoms with E-state index in [1.165, 1.54) is 18.9 Å².